The van der Waals surface area contributed by atoms with E-state index in [1.807, 2.05) is 0 Å². The van der Waals surface area contributed by atoms with Crippen LogP contribution in [0.25, 0.3) is 0 Å². The third kappa shape index (κ3) is 0.812. The molecule has 74 valence electrons. The molecule has 4 aliphatic rings. The van der Waals surface area contributed by atoms with Gasteiger partial charge in [-0.3, -0.25) is 0 Å². The quantitative estimate of drug-likeness (QED) is 0.567. The molecule has 0 aromatic heterocycles. The van der Waals surface area contributed by atoms with E-state index in [0.717, 1.165) is 33.1 Å². The highest BCUT2D eigenvalue weighted by Gasteiger charge is 2.98. The zero-order chi connectivity index (χ0) is 9.27. The van der Waals surface area contributed by atoms with Gasteiger partial charge in [-0.15, -0.1) is 0 Å². The Bertz CT molecular complexity index is 257. The van der Waals surface area contributed by atoms with Gasteiger partial charge in [0.2, 0.25) is 0 Å². The molecule has 4 saturated carbocycles. The summed E-state index contributed by atoms with van der Waals surface area (Å²) in [7, 11) is 0. The van der Waals surface area contributed by atoms with Gasteiger partial charge in [0.25, 0.3) is 0 Å². The number of nitrogens with two attached hydrogens (primary N) is 1. The smallest absolute Gasteiger partial charge is 0.0178 e. The Kier molecular flexibility index (Phi) is 2.04. The summed E-state index contributed by atoms with van der Waals surface area (Å²) >= 11 is 5.22. The highest BCUT2D eigenvalue weighted by molar-refractivity contribution is 14.1. The van der Waals surface area contributed by atoms with Crippen LogP contribution < -0.4 is 5.73 Å². The van der Waals surface area contributed by atoms with Crippen molar-refractivity contribution in [2.45, 2.75) is 23.2 Å². The van der Waals surface area contributed by atoms with Crippen LogP contribution in [-0.4, -0.2) is 14.9 Å². The molecule has 1 nitrogen and oxygen atoms in total. The zero-order valence-electron chi connectivity index (χ0n) is 7.60. The van der Waals surface area contributed by atoms with Crippen LogP contribution in [0.15, 0.2) is 0 Å². The van der Waals surface area contributed by atoms with Crippen LogP contribution in [-0.2, 0) is 0 Å². The van der Waals surface area contributed by atoms with Crippen LogP contribution in [0.3, 0.4) is 0 Å². The molecule has 5 unspecified atom stereocenters. The Morgan fingerprint density at radius 1 is 1.31 bits per heavy atom. The van der Waals surface area contributed by atoms with Crippen LogP contribution in [0, 0.1) is 22.7 Å². The van der Waals surface area contributed by atoms with Gasteiger partial charge < -0.3 is 5.73 Å². The number of fused-ring (bicyclic) bond motifs is 1. The normalized spacial score (nSPS) is 60.7. The molecule has 0 amide bonds. The fourth-order valence-corrected chi connectivity index (χ4v) is 7.31. The molecule has 0 spiro atoms. The van der Waals surface area contributed by atoms with E-state index >= 15 is 0 Å². The second kappa shape index (κ2) is 2.75. The van der Waals surface area contributed by atoms with Crippen LogP contribution in [0.5, 0.6) is 0 Å². The van der Waals surface area contributed by atoms with Crippen LogP contribution in [0.4, 0.5) is 0 Å². The average Bonchev–Trinajstić information content (AvgIpc) is 2.81. The second-order valence-corrected chi connectivity index (χ2v) is 7.43. The van der Waals surface area contributed by atoms with Crippen molar-refractivity contribution in [1.82, 2.24) is 0 Å². The number of hydrogen-bond donors (Lipinski definition) is 1. The van der Waals surface area contributed by atoms with Gasteiger partial charge in [0.1, 0.15) is 0 Å². The lowest BCUT2D eigenvalue weighted by molar-refractivity contribution is 0.305. The van der Waals surface area contributed by atoms with Crippen molar-refractivity contribution in [2.24, 2.45) is 28.4 Å². The van der Waals surface area contributed by atoms with Gasteiger partial charge >= 0.3 is 0 Å². The van der Waals surface area contributed by atoms with E-state index in [9.17, 15) is 0 Å². The van der Waals surface area contributed by atoms with Gasteiger partial charge in [-0.05, 0) is 48.5 Å². The highest BCUT2D eigenvalue weighted by Crippen LogP contribution is 3.01. The molecule has 0 aromatic carbocycles. The summed E-state index contributed by atoms with van der Waals surface area (Å²) in [4.78, 5) is 0. The third-order valence-corrected chi connectivity index (χ3v) is 7.09. The Balaban J connectivity index is 1.83. The fourth-order valence-electron chi connectivity index (χ4n) is 4.59. The number of halogens is 2. The molecule has 3 heteroatoms. The Morgan fingerprint density at radius 2 is 2.08 bits per heavy atom. The van der Waals surface area contributed by atoms with Gasteiger partial charge in [-0.1, -0.05) is 45.2 Å². The summed E-state index contributed by atoms with van der Waals surface area (Å²) in [5.74, 6) is 2.23. The molecule has 2 bridgehead atoms. The molecule has 13 heavy (non-hydrogen) atoms. The minimum absolute atomic E-state index is 0.734. The predicted octanol–water partition coefficient (Wildman–Crippen LogP) is 2.60. The summed E-state index contributed by atoms with van der Waals surface area (Å²) < 4.78 is 2.30. The molecule has 0 radical (unpaired) electrons. The number of hydrogen-bond acceptors (Lipinski definition) is 1. The first-order chi connectivity index (χ1) is 6.25. The third-order valence-electron chi connectivity index (χ3n) is 4.93. The lowest BCUT2D eigenvalue weighted by Crippen LogP contribution is -2.24. The van der Waals surface area contributed by atoms with Gasteiger partial charge in [0.05, 0.1) is 0 Å². The summed E-state index contributed by atoms with van der Waals surface area (Å²) in [6.45, 7) is 0.908. The first-order valence-electron chi connectivity index (χ1n) is 5.16. The Morgan fingerprint density at radius 3 is 2.69 bits per heavy atom. The van der Waals surface area contributed by atoms with Crippen molar-refractivity contribution in [2.75, 3.05) is 11.0 Å². The second-order valence-electron chi connectivity index (χ2n) is 4.85. The molecule has 4 rings (SSSR count). The van der Waals surface area contributed by atoms with Crippen LogP contribution in [0.1, 0.15) is 19.3 Å². The lowest BCUT2D eigenvalue weighted by Gasteiger charge is -2.24. The largest absolute Gasteiger partial charge is 0.330 e. The van der Waals surface area contributed by atoms with Crippen molar-refractivity contribution in [3.05, 3.63) is 0 Å². The maximum absolute atomic E-state index is 5.74. The van der Waals surface area contributed by atoms with E-state index in [1.54, 1.807) is 0 Å². The lowest BCUT2D eigenvalue weighted by atomic mass is 9.85. The van der Waals surface area contributed by atoms with Gasteiger partial charge in [0, 0.05) is 8.35 Å². The SMILES string of the molecule is NCCC12C(I)CC3C1C32CCI. The topological polar surface area (TPSA) is 26.0 Å². The predicted molar refractivity (Wildman–Crippen MR) is 71.4 cm³/mol. The van der Waals surface area contributed by atoms with Crippen molar-refractivity contribution in [1.29, 1.82) is 0 Å². The van der Waals surface area contributed by atoms with Crippen molar-refractivity contribution in [3.8, 4) is 0 Å². The maximum Gasteiger partial charge on any atom is 0.0178 e. The molecular weight excluding hydrogens is 388 g/mol. The number of alkyl halides is 2. The molecule has 4 fully saturated rings. The Hall–Kier alpha value is 1.42. The molecule has 0 heterocycles. The Labute approximate surface area is 107 Å². The van der Waals surface area contributed by atoms with Gasteiger partial charge in [0.15, 0.2) is 0 Å². The van der Waals surface area contributed by atoms with E-state index < -0.39 is 0 Å². The van der Waals surface area contributed by atoms with Gasteiger partial charge in [-0.2, -0.15) is 0 Å². The van der Waals surface area contributed by atoms with Crippen LogP contribution >= 0.6 is 45.2 Å². The monoisotopic (exact) mass is 403 g/mol. The van der Waals surface area contributed by atoms with E-state index in [4.69, 9.17) is 5.73 Å². The van der Waals surface area contributed by atoms with Crippen molar-refractivity contribution >= 4 is 45.2 Å². The average molecular weight is 403 g/mol. The molecule has 2 N–H and O–H groups in total. The standard InChI is InChI=1S/C10H15I2N/c11-3-1-9-6-5-7(12)10(9,2-4-13)8(6)9/h6-8H,1-5,13H2. The van der Waals surface area contributed by atoms with E-state index in [0.29, 0.717) is 0 Å². The van der Waals surface area contributed by atoms with Gasteiger partial charge in [-0.25, -0.2) is 0 Å². The first kappa shape index (κ1) is 9.63. The van der Waals surface area contributed by atoms with Crippen molar-refractivity contribution < 1.29 is 0 Å². The molecular formula is C10H15I2N. The van der Waals surface area contributed by atoms with Crippen molar-refractivity contribution in [3.63, 3.8) is 0 Å². The molecule has 0 aliphatic heterocycles. The summed E-state index contributed by atoms with van der Waals surface area (Å²) in [5.41, 5.74) is 7.30. The molecule has 4 aliphatic carbocycles. The fraction of sp³-hybridized carbons (Fsp3) is 1.00. The summed E-state index contributed by atoms with van der Waals surface area (Å²) in [5, 5.41) is 0. The molecule has 0 aromatic rings. The number of rotatable bonds is 4. The van der Waals surface area contributed by atoms with E-state index in [2.05, 4.69) is 45.2 Å². The van der Waals surface area contributed by atoms with Crippen LogP contribution in [0.2, 0.25) is 0 Å². The zero-order valence-corrected chi connectivity index (χ0v) is 11.9. The first-order valence-corrected chi connectivity index (χ1v) is 7.93. The summed E-state index contributed by atoms with van der Waals surface area (Å²) in [6, 6.07) is 0. The molecule has 0 saturated heterocycles. The summed E-state index contributed by atoms with van der Waals surface area (Å²) in [6.07, 6.45) is 4.28. The minimum atomic E-state index is 0.734. The maximum atomic E-state index is 5.74. The minimum Gasteiger partial charge on any atom is -0.330 e. The highest BCUT2D eigenvalue weighted by atomic mass is 127. The molecule has 5 atom stereocenters. The van der Waals surface area contributed by atoms with E-state index in [1.165, 1.54) is 23.7 Å². The van der Waals surface area contributed by atoms with E-state index in [-0.39, 0.29) is 0 Å².